The minimum atomic E-state index is -0.0543. The average Bonchev–Trinajstić information content (AvgIpc) is 3.40. The first-order valence-electron chi connectivity index (χ1n) is 10.2. The number of hydrogen-bond acceptors (Lipinski definition) is 6. The summed E-state index contributed by atoms with van der Waals surface area (Å²) in [5, 5.41) is 6.79. The Morgan fingerprint density at radius 1 is 1.23 bits per heavy atom. The van der Waals surface area contributed by atoms with E-state index < -0.39 is 0 Å². The van der Waals surface area contributed by atoms with E-state index in [4.69, 9.17) is 13.9 Å². The molecular weight excluding hydrogens is 509 g/mol. The summed E-state index contributed by atoms with van der Waals surface area (Å²) in [6.45, 7) is 8.61. The number of guanidine groups is 1. The van der Waals surface area contributed by atoms with E-state index >= 15 is 0 Å². The zero-order valence-electron chi connectivity index (χ0n) is 19.2. The van der Waals surface area contributed by atoms with Crippen LogP contribution < -0.4 is 25.0 Å². The summed E-state index contributed by atoms with van der Waals surface area (Å²) >= 11 is 0. The van der Waals surface area contributed by atoms with Crippen molar-refractivity contribution in [3.63, 3.8) is 0 Å². The lowest BCUT2D eigenvalue weighted by molar-refractivity contribution is 0.379. The van der Waals surface area contributed by atoms with E-state index in [2.05, 4.69) is 46.3 Å². The molecule has 0 bridgehead atoms. The zero-order valence-corrected chi connectivity index (χ0v) is 21.5. The number of benzene rings is 1. The Labute approximate surface area is 201 Å². The molecule has 2 N–H and O–H groups in total. The number of nitrogens with zero attached hydrogens (tertiary/aromatic N) is 3. The Balaban J connectivity index is 0.00000341. The van der Waals surface area contributed by atoms with Gasteiger partial charge in [0.25, 0.3) is 0 Å². The van der Waals surface area contributed by atoms with Crippen molar-refractivity contribution in [2.45, 2.75) is 45.2 Å². The first-order chi connectivity index (χ1) is 14.3. The molecule has 2 aromatic rings. The quantitative estimate of drug-likeness (QED) is 0.328. The van der Waals surface area contributed by atoms with E-state index in [1.807, 2.05) is 18.2 Å². The van der Waals surface area contributed by atoms with E-state index in [1.165, 1.54) is 0 Å². The van der Waals surface area contributed by atoms with Crippen LogP contribution in [0, 0.1) is 0 Å². The number of oxazole rings is 1. The molecule has 0 amide bonds. The summed E-state index contributed by atoms with van der Waals surface area (Å²) in [6.07, 6.45) is 2.80. The van der Waals surface area contributed by atoms with Crippen LogP contribution in [-0.2, 0) is 12.0 Å². The highest BCUT2D eigenvalue weighted by Gasteiger charge is 2.25. The van der Waals surface area contributed by atoms with Crippen molar-refractivity contribution in [3.8, 4) is 11.5 Å². The fourth-order valence-electron chi connectivity index (χ4n) is 3.37. The van der Waals surface area contributed by atoms with Crippen molar-refractivity contribution < 1.29 is 13.9 Å². The second-order valence-electron chi connectivity index (χ2n) is 8.44. The van der Waals surface area contributed by atoms with Crippen LogP contribution in [0.1, 0.15) is 38.8 Å². The van der Waals surface area contributed by atoms with Crippen molar-refractivity contribution in [1.82, 2.24) is 15.6 Å². The number of rotatable bonds is 6. The molecule has 3 rings (SSSR count). The molecule has 1 aromatic carbocycles. The van der Waals surface area contributed by atoms with Crippen LogP contribution in [0.15, 0.2) is 33.8 Å². The molecule has 9 heteroatoms. The van der Waals surface area contributed by atoms with Crippen molar-refractivity contribution >= 4 is 35.6 Å². The van der Waals surface area contributed by atoms with Gasteiger partial charge in [-0.1, -0.05) is 20.8 Å². The molecule has 1 unspecified atom stereocenters. The Bertz CT molecular complexity index is 856. The van der Waals surface area contributed by atoms with Crippen LogP contribution in [0.3, 0.4) is 0 Å². The fourth-order valence-corrected chi connectivity index (χ4v) is 3.37. The SMILES string of the molecule is CN=C(NCc1ncc(C(C)(C)C)o1)NC1CCN(c2cc(OC)cc(OC)c2)C1.I. The van der Waals surface area contributed by atoms with Gasteiger partial charge in [-0.25, -0.2) is 4.98 Å². The molecule has 1 fully saturated rings. The number of halogens is 1. The first kappa shape index (κ1) is 25.1. The third-order valence-corrected chi connectivity index (χ3v) is 5.15. The largest absolute Gasteiger partial charge is 0.497 e. The van der Waals surface area contributed by atoms with E-state index in [1.54, 1.807) is 27.5 Å². The maximum Gasteiger partial charge on any atom is 0.213 e. The summed E-state index contributed by atoms with van der Waals surface area (Å²) in [4.78, 5) is 11.0. The molecule has 31 heavy (non-hydrogen) atoms. The maximum atomic E-state index is 5.84. The number of methoxy groups -OCH3 is 2. The summed E-state index contributed by atoms with van der Waals surface area (Å²) < 4.78 is 16.6. The Morgan fingerprint density at radius 3 is 2.45 bits per heavy atom. The van der Waals surface area contributed by atoms with Gasteiger partial charge in [0.1, 0.15) is 17.3 Å². The molecule has 1 aliphatic rings. The van der Waals surface area contributed by atoms with E-state index in [0.29, 0.717) is 12.4 Å². The fraction of sp³-hybridized carbons (Fsp3) is 0.545. The van der Waals surface area contributed by atoms with Crippen molar-refractivity contribution in [2.24, 2.45) is 4.99 Å². The summed E-state index contributed by atoms with van der Waals surface area (Å²) in [5.41, 5.74) is 1.04. The molecule has 0 radical (unpaired) electrons. The van der Waals surface area contributed by atoms with Gasteiger partial charge in [0.05, 0.1) is 27.0 Å². The van der Waals surface area contributed by atoms with Gasteiger partial charge in [0.2, 0.25) is 5.89 Å². The summed E-state index contributed by atoms with van der Waals surface area (Å²) in [5.74, 6) is 3.85. The standard InChI is InChI=1S/C22H33N5O3.HI/c1-22(2,3)19-12-24-20(30-19)13-25-21(23-4)26-15-7-8-27(14-15)16-9-17(28-5)11-18(10-16)29-6;/h9-12,15H,7-8,13-14H2,1-6H3,(H2,23,25,26);1H. The lowest BCUT2D eigenvalue weighted by atomic mass is 9.94. The lowest BCUT2D eigenvalue weighted by Gasteiger charge is -2.21. The third-order valence-electron chi connectivity index (χ3n) is 5.15. The van der Waals surface area contributed by atoms with Gasteiger partial charge in [-0.2, -0.15) is 0 Å². The minimum absolute atomic E-state index is 0. The van der Waals surface area contributed by atoms with Crippen LogP contribution >= 0.6 is 24.0 Å². The van der Waals surface area contributed by atoms with Crippen LogP contribution in [0.4, 0.5) is 5.69 Å². The van der Waals surface area contributed by atoms with Crippen molar-refractivity contribution in [2.75, 3.05) is 39.3 Å². The molecule has 1 aliphatic heterocycles. The summed E-state index contributed by atoms with van der Waals surface area (Å²) in [7, 11) is 5.10. The molecule has 1 saturated heterocycles. The monoisotopic (exact) mass is 543 g/mol. The predicted molar refractivity (Wildman–Crippen MR) is 134 cm³/mol. The number of aliphatic imine (C=N–C) groups is 1. The molecule has 0 saturated carbocycles. The molecule has 8 nitrogen and oxygen atoms in total. The van der Waals surface area contributed by atoms with Gasteiger partial charge in [0.15, 0.2) is 5.96 Å². The normalized spacial score (nSPS) is 16.6. The van der Waals surface area contributed by atoms with Crippen molar-refractivity contribution in [1.29, 1.82) is 0 Å². The molecular formula is C22H34IN5O3. The van der Waals surface area contributed by atoms with Gasteiger partial charge < -0.3 is 29.4 Å². The predicted octanol–water partition coefficient (Wildman–Crippen LogP) is 3.55. The zero-order chi connectivity index (χ0) is 21.7. The first-order valence-corrected chi connectivity index (χ1v) is 10.2. The van der Waals surface area contributed by atoms with E-state index in [-0.39, 0.29) is 35.4 Å². The molecule has 0 aliphatic carbocycles. The van der Waals surface area contributed by atoms with Gasteiger partial charge in [-0.3, -0.25) is 4.99 Å². The highest BCUT2D eigenvalue weighted by molar-refractivity contribution is 14.0. The highest BCUT2D eigenvalue weighted by Crippen LogP contribution is 2.30. The van der Waals surface area contributed by atoms with Gasteiger partial charge in [-0.05, 0) is 6.42 Å². The molecule has 2 heterocycles. The average molecular weight is 543 g/mol. The van der Waals surface area contributed by atoms with Gasteiger partial charge in [0, 0.05) is 55.5 Å². The number of aromatic nitrogens is 1. The number of ether oxygens (including phenoxy) is 2. The van der Waals surface area contributed by atoms with Crippen LogP contribution in [0.2, 0.25) is 0 Å². The highest BCUT2D eigenvalue weighted by atomic mass is 127. The molecule has 172 valence electrons. The Morgan fingerprint density at radius 2 is 1.90 bits per heavy atom. The lowest BCUT2D eigenvalue weighted by Crippen LogP contribution is -2.44. The van der Waals surface area contributed by atoms with Crippen LogP contribution in [0.25, 0.3) is 0 Å². The second kappa shape index (κ2) is 10.9. The number of nitrogens with one attached hydrogen (secondary N) is 2. The van der Waals surface area contributed by atoms with Crippen LogP contribution in [0.5, 0.6) is 11.5 Å². The Kier molecular flexibility index (Phi) is 8.84. The second-order valence-corrected chi connectivity index (χ2v) is 8.44. The summed E-state index contributed by atoms with van der Waals surface area (Å²) in [6, 6.07) is 6.23. The van der Waals surface area contributed by atoms with E-state index in [0.717, 1.165) is 48.4 Å². The number of hydrogen-bond donors (Lipinski definition) is 2. The van der Waals surface area contributed by atoms with E-state index in [9.17, 15) is 0 Å². The topological polar surface area (TPSA) is 84.2 Å². The van der Waals surface area contributed by atoms with Gasteiger partial charge >= 0.3 is 0 Å². The molecule has 1 atom stereocenters. The smallest absolute Gasteiger partial charge is 0.213 e. The molecule has 0 spiro atoms. The Hall–Kier alpha value is -2.17. The van der Waals surface area contributed by atoms with Crippen molar-refractivity contribution in [3.05, 3.63) is 36.0 Å². The third kappa shape index (κ3) is 6.65. The number of anilines is 1. The van der Waals surface area contributed by atoms with Crippen LogP contribution in [-0.4, -0.2) is 51.3 Å². The maximum absolute atomic E-state index is 5.84. The molecule has 1 aromatic heterocycles. The minimum Gasteiger partial charge on any atom is -0.497 e. The van der Waals surface area contributed by atoms with Gasteiger partial charge in [-0.15, -0.1) is 24.0 Å².